The Hall–Kier alpha value is -3.48. The predicted molar refractivity (Wildman–Crippen MR) is 118 cm³/mol. The standard InChI is InChI=1S/C24H28N2O5/c1-16(20-13-18(29-2)11-12-22(20)30-3)26-23(27)15-31-24(28)10-6-7-17-14-25-21-9-5-4-8-19(17)21/h4-5,8-9,11-14,16,25H,6-7,10,15H2,1-3H3,(H,26,27)/t16-/m0/s1. The molecule has 0 spiro atoms. The lowest BCUT2D eigenvalue weighted by Crippen LogP contribution is -2.31. The van der Waals surface area contributed by atoms with E-state index in [0.717, 1.165) is 22.9 Å². The Kier molecular flexibility index (Phi) is 7.54. The number of benzene rings is 2. The van der Waals surface area contributed by atoms with Gasteiger partial charge < -0.3 is 24.5 Å². The number of fused-ring (bicyclic) bond motifs is 1. The molecule has 0 aliphatic rings. The van der Waals surface area contributed by atoms with Gasteiger partial charge in [-0.1, -0.05) is 18.2 Å². The van der Waals surface area contributed by atoms with Crippen molar-refractivity contribution in [3.63, 3.8) is 0 Å². The zero-order chi connectivity index (χ0) is 22.2. The maximum absolute atomic E-state index is 12.2. The second-order valence-electron chi connectivity index (χ2n) is 7.27. The van der Waals surface area contributed by atoms with Crippen LogP contribution >= 0.6 is 0 Å². The zero-order valence-corrected chi connectivity index (χ0v) is 18.1. The number of hydrogen-bond donors (Lipinski definition) is 2. The summed E-state index contributed by atoms with van der Waals surface area (Å²) in [5.74, 6) is 0.547. The van der Waals surface area contributed by atoms with Crippen LogP contribution in [0.1, 0.15) is 36.9 Å². The molecule has 7 nitrogen and oxygen atoms in total. The van der Waals surface area contributed by atoms with E-state index in [-0.39, 0.29) is 30.9 Å². The molecule has 1 amide bonds. The van der Waals surface area contributed by atoms with Crippen molar-refractivity contribution < 1.29 is 23.8 Å². The molecule has 0 aliphatic carbocycles. The van der Waals surface area contributed by atoms with Crippen molar-refractivity contribution in [2.75, 3.05) is 20.8 Å². The minimum absolute atomic E-state index is 0.256. The number of aromatic amines is 1. The summed E-state index contributed by atoms with van der Waals surface area (Å²) in [6.07, 6.45) is 3.64. The molecule has 1 heterocycles. The minimum atomic E-state index is -0.387. The zero-order valence-electron chi connectivity index (χ0n) is 18.1. The number of carbonyl (C=O) groups is 2. The van der Waals surface area contributed by atoms with Crippen LogP contribution < -0.4 is 14.8 Å². The molecule has 7 heteroatoms. The smallest absolute Gasteiger partial charge is 0.306 e. The fourth-order valence-electron chi connectivity index (χ4n) is 3.52. The maximum atomic E-state index is 12.2. The molecular weight excluding hydrogens is 396 g/mol. The van der Waals surface area contributed by atoms with E-state index in [1.54, 1.807) is 32.4 Å². The van der Waals surface area contributed by atoms with E-state index in [0.29, 0.717) is 17.9 Å². The highest BCUT2D eigenvalue weighted by Gasteiger charge is 2.16. The Bertz CT molecular complexity index is 1040. The third-order valence-corrected chi connectivity index (χ3v) is 5.15. The summed E-state index contributed by atoms with van der Waals surface area (Å²) in [4.78, 5) is 27.5. The highest BCUT2D eigenvalue weighted by atomic mass is 16.5. The molecule has 0 saturated carbocycles. The minimum Gasteiger partial charge on any atom is -0.497 e. The molecule has 0 fully saturated rings. The molecule has 2 N–H and O–H groups in total. The number of carbonyl (C=O) groups excluding carboxylic acids is 2. The van der Waals surface area contributed by atoms with Crippen LogP contribution in [0.2, 0.25) is 0 Å². The van der Waals surface area contributed by atoms with E-state index in [1.807, 2.05) is 31.3 Å². The van der Waals surface area contributed by atoms with Crippen LogP contribution in [-0.4, -0.2) is 37.7 Å². The number of rotatable bonds is 10. The number of hydrogen-bond acceptors (Lipinski definition) is 5. The normalized spacial score (nSPS) is 11.7. The van der Waals surface area contributed by atoms with Gasteiger partial charge in [0.15, 0.2) is 6.61 Å². The average Bonchev–Trinajstić information content (AvgIpc) is 3.20. The van der Waals surface area contributed by atoms with Crippen molar-refractivity contribution in [3.8, 4) is 11.5 Å². The summed E-state index contributed by atoms with van der Waals surface area (Å²) in [5.41, 5.74) is 3.03. The van der Waals surface area contributed by atoms with E-state index in [4.69, 9.17) is 14.2 Å². The summed E-state index contributed by atoms with van der Waals surface area (Å²) in [7, 11) is 3.14. The first kappa shape index (κ1) is 22.2. The molecule has 2 aromatic carbocycles. The van der Waals surface area contributed by atoms with Gasteiger partial charge in [0.25, 0.3) is 5.91 Å². The molecule has 3 aromatic rings. The number of para-hydroxylation sites is 1. The van der Waals surface area contributed by atoms with Gasteiger partial charge in [-0.3, -0.25) is 9.59 Å². The van der Waals surface area contributed by atoms with Crippen molar-refractivity contribution in [2.45, 2.75) is 32.2 Å². The largest absolute Gasteiger partial charge is 0.497 e. The van der Waals surface area contributed by atoms with E-state index in [9.17, 15) is 9.59 Å². The second kappa shape index (κ2) is 10.5. The Balaban J connectivity index is 1.43. The quantitative estimate of drug-likeness (QED) is 0.482. The highest BCUT2D eigenvalue weighted by molar-refractivity contribution is 5.83. The van der Waals surface area contributed by atoms with Gasteiger partial charge in [-0.25, -0.2) is 0 Å². The molecule has 31 heavy (non-hydrogen) atoms. The third kappa shape index (κ3) is 5.78. The second-order valence-corrected chi connectivity index (χ2v) is 7.27. The van der Waals surface area contributed by atoms with Crippen LogP contribution in [-0.2, 0) is 20.7 Å². The summed E-state index contributed by atoms with van der Waals surface area (Å²) in [6, 6.07) is 13.1. The monoisotopic (exact) mass is 424 g/mol. The summed E-state index contributed by atoms with van der Waals surface area (Å²) < 4.78 is 15.7. The van der Waals surface area contributed by atoms with Crippen molar-refractivity contribution in [1.82, 2.24) is 10.3 Å². The predicted octanol–water partition coefficient (Wildman–Crippen LogP) is 3.93. The van der Waals surface area contributed by atoms with E-state index >= 15 is 0 Å². The van der Waals surface area contributed by atoms with Gasteiger partial charge in [-0.15, -0.1) is 0 Å². The van der Waals surface area contributed by atoms with Gasteiger partial charge in [0, 0.05) is 29.1 Å². The molecule has 3 rings (SSSR count). The number of esters is 1. The number of aromatic nitrogens is 1. The first-order valence-electron chi connectivity index (χ1n) is 10.2. The van der Waals surface area contributed by atoms with Crippen LogP contribution in [0.25, 0.3) is 10.9 Å². The van der Waals surface area contributed by atoms with Gasteiger partial charge in [-0.2, -0.15) is 0 Å². The van der Waals surface area contributed by atoms with E-state index in [2.05, 4.69) is 16.4 Å². The van der Waals surface area contributed by atoms with E-state index < -0.39 is 0 Å². The average molecular weight is 424 g/mol. The highest BCUT2D eigenvalue weighted by Crippen LogP contribution is 2.29. The lowest BCUT2D eigenvalue weighted by atomic mass is 10.1. The summed E-state index contributed by atoms with van der Waals surface area (Å²) in [6.45, 7) is 1.51. The SMILES string of the molecule is COc1ccc(OC)c([C@H](C)NC(=O)COC(=O)CCCc2c[nH]c3ccccc23)c1. The Morgan fingerprint density at radius 3 is 2.68 bits per heavy atom. The molecule has 164 valence electrons. The molecular formula is C24H28N2O5. The van der Waals surface area contributed by atoms with E-state index in [1.165, 1.54) is 5.56 Å². The summed E-state index contributed by atoms with van der Waals surface area (Å²) >= 11 is 0. The lowest BCUT2D eigenvalue weighted by molar-refractivity contribution is -0.148. The maximum Gasteiger partial charge on any atom is 0.306 e. The van der Waals surface area contributed by atoms with Crippen molar-refractivity contribution >= 4 is 22.8 Å². The fourth-order valence-corrected chi connectivity index (χ4v) is 3.52. The van der Waals surface area contributed by atoms with Crippen molar-refractivity contribution in [1.29, 1.82) is 0 Å². The van der Waals surface area contributed by atoms with Gasteiger partial charge in [-0.05, 0) is 49.6 Å². The van der Waals surface area contributed by atoms with Crippen LogP contribution in [0.4, 0.5) is 0 Å². The van der Waals surface area contributed by atoms with Gasteiger partial charge >= 0.3 is 5.97 Å². The van der Waals surface area contributed by atoms with Crippen molar-refractivity contribution in [2.24, 2.45) is 0 Å². The molecule has 0 aliphatic heterocycles. The molecule has 0 radical (unpaired) electrons. The van der Waals surface area contributed by atoms with Crippen LogP contribution in [0.15, 0.2) is 48.7 Å². The van der Waals surface area contributed by atoms with Gasteiger partial charge in [0.05, 0.1) is 20.3 Å². The number of ether oxygens (including phenoxy) is 3. The number of aryl methyl sites for hydroxylation is 1. The van der Waals surface area contributed by atoms with Gasteiger partial charge in [0.2, 0.25) is 0 Å². The van der Waals surface area contributed by atoms with Gasteiger partial charge in [0.1, 0.15) is 11.5 Å². The number of methoxy groups -OCH3 is 2. The molecule has 1 atom stereocenters. The van der Waals surface area contributed by atoms with Crippen LogP contribution in [0, 0.1) is 0 Å². The Labute approximate surface area is 181 Å². The fraction of sp³-hybridized carbons (Fsp3) is 0.333. The topological polar surface area (TPSA) is 89.7 Å². The number of H-pyrrole nitrogens is 1. The number of amides is 1. The van der Waals surface area contributed by atoms with Crippen LogP contribution in [0.3, 0.4) is 0 Å². The number of nitrogens with one attached hydrogen (secondary N) is 2. The Morgan fingerprint density at radius 2 is 1.90 bits per heavy atom. The first-order valence-corrected chi connectivity index (χ1v) is 10.2. The first-order chi connectivity index (χ1) is 15.0. The molecule has 0 saturated heterocycles. The van der Waals surface area contributed by atoms with Crippen molar-refractivity contribution in [3.05, 3.63) is 59.8 Å². The third-order valence-electron chi connectivity index (χ3n) is 5.15. The van der Waals surface area contributed by atoms with Crippen LogP contribution in [0.5, 0.6) is 11.5 Å². The molecule has 1 aromatic heterocycles. The molecule has 0 unspecified atom stereocenters. The molecule has 0 bridgehead atoms. The Morgan fingerprint density at radius 1 is 1.10 bits per heavy atom. The lowest BCUT2D eigenvalue weighted by Gasteiger charge is -2.18. The summed E-state index contributed by atoms with van der Waals surface area (Å²) in [5, 5.41) is 3.98.